The molecule has 148 valence electrons. The van der Waals surface area contributed by atoms with Crippen molar-refractivity contribution < 1.29 is 9.53 Å². The van der Waals surface area contributed by atoms with Gasteiger partial charge in [-0.15, -0.1) is 0 Å². The summed E-state index contributed by atoms with van der Waals surface area (Å²) in [6.07, 6.45) is -0.481. The Hall–Kier alpha value is -3.40. The first kappa shape index (κ1) is 20.3. The Morgan fingerprint density at radius 1 is 0.793 bits per heavy atom. The fourth-order valence-electron chi connectivity index (χ4n) is 2.81. The van der Waals surface area contributed by atoms with E-state index >= 15 is 0 Å². The van der Waals surface area contributed by atoms with Crippen molar-refractivity contribution >= 4 is 11.8 Å². The number of benzene rings is 3. The van der Waals surface area contributed by atoms with Crippen molar-refractivity contribution in [3.63, 3.8) is 0 Å². The second-order valence-corrected chi connectivity index (χ2v) is 7.70. The minimum absolute atomic E-state index is 0.318. The molecule has 4 heteroatoms. The molecule has 0 atom stereocenters. The van der Waals surface area contributed by atoms with E-state index < -0.39 is 11.7 Å². The van der Waals surface area contributed by atoms with Gasteiger partial charge in [-0.3, -0.25) is 0 Å². The standard InChI is InChI=1S/C25H26N2O2/c1-25(2,3)29-24(28)27(19-20-13-7-4-8-14-20)26-23(21-15-9-5-10-16-21)22-17-11-6-12-18-22/h4-18H,19H2,1-3H3. The van der Waals surface area contributed by atoms with Crippen molar-refractivity contribution in [3.8, 4) is 0 Å². The molecule has 0 spiro atoms. The second-order valence-electron chi connectivity index (χ2n) is 7.70. The van der Waals surface area contributed by atoms with Crippen LogP contribution in [0.25, 0.3) is 0 Å². The van der Waals surface area contributed by atoms with Crippen LogP contribution in [0.15, 0.2) is 96.1 Å². The van der Waals surface area contributed by atoms with Gasteiger partial charge in [0.15, 0.2) is 0 Å². The summed E-state index contributed by atoms with van der Waals surface area (Å²) in [6, 6.07) is 29.5. The van der Waals surface area contributed by atoms with E-state index in [9.17, 15) is 4.79 Å². The molecule has 3 aromatic rings. The predicted molar refractivity (Wildman–Crippen MR) is 117 cm³/mol. The molecule has 3 rings (SSSR count). The van der Waals surface area contributed by atoms with E-state index in [2.05, 4.69) is 0 Å². The lowest BCUT2D eigenvalue weighted by atomic mass is 10.0. The molecule has 4 nitrogen and oxygen atoms in total. The van der Waals surface area contributed by atoms with Crippen molar-refractivity contribution in [2.24, 2.45) is 5.10 Å². The van der Waals surface area contributed by atoms with Gasteiger partial charge in [-0.1, -0.05) is 91.0 Å². The quantitative estimate of drug-likeness (QED) is 0.406. The van der Waals surface area contributed by atoms with Crippen LogP contribution >= 0.6 is 0 Å². The van der Waals surface area contributed by atoms with Gasteiger partial charge < -0.3 is 4.74 Å². The number of amides is 1. The Labute approximate surface area is 172 Å². The fraction of sp³-hybridized carbons (Fsp3) is 0.200. The molecule has 0 saturated heterocycles. The molecule has 0 aliphatic carbocycles. The lowest BCUT2D eigenvalue weighted by molar-refractivity contribution is 0.0239. The van der Waals surface area contributed by atoms with Crippen LogP contribution in [0.1, 0.15) is 37.5 Å². The summed E-state index contributed by atoms with van der Waals surface area (Å²) >= 11 is 0. The van der Waals surface area contributed by atoms with Crippen molar-refractivity contribution in [1.29, 1.82) is 0 Å². The highest BCUT2D eigenvalue weighted by atomic mass is 16.6. The summed E-state index contributed by atoms with van der Waals surface area (Å²) in [5, 5.41) is 6.17. The minimum Gasteiger partial charge on any atom is -0.442 e. The Morgan fingerprint density at radius 3 is 1.69 bits per heavy atom. The Kier molecular flexibility index (Phi) is 6.45. The highest BCUT2D eigenvalue weighted by Gasteiger charge is 2.23. The zero-order chi connectivity index (χ0) is 20.7. The number of ether oxygens (including phenoxy) is 1. The highest BCUT2D eigenvalue weighted by Crippen LogP contribution is 2.17. The largest absolute Gasteiger partial charge is 0.442 e. The van der Waals surface area contributed by atoms with E-state index in [-0.39, 0.29) is 0 Å². The first-order valence-corrected chi connectivity index (χ1v) is 9.66. The molecule has 0 unspecified atom stereocenters. The summed E-state index contributed by atoms with van der Waals surface area (Å²) < 4.78 is 5.62. The van der Waals surface area contributed by atoms with Gasteiger partial charge in [-0.2, -0.15) is 10.1 Å². The van der Waals surface area contributed by atoms with Crippen molar-refractivity contribution in [1.82, 2.24) is 5.01 Å². The fourth-order valence-corrected chi connectivity index (χ4v) is 2.81. The monoisotopic (exact) mass is 386 g/mol. The first-order valence-electron chi connectivity index (χ1n) is 9.66. The van der Waals surface area contributed by atoms with Crippen molar-refractivity contribution in [2.45, 2.75) is 32.9 Å². The van der Waals surface area contributed by atoms with Gasteiger partial charge in [0.25, 0.3) is 0 Å². The molecule has 29 heavy (non-hydrogen) atoms. The molecule has 0 aliphatic heterocycles. The van der Waals surface area contributed by atoms with Crippen LogP contribution in [-0.4, -0.2) is 22.4 Å². The normalized spacial score (nSPS) is 10.9. The van der Waals surface area contributed by atoms with Gasteiger partial charge in [0.1, 0.15) is 5.60 Å². The average Bonchev–Trinajstić information content (AvgIpc) is 2.72. The minimum atomic E-state index is -0.610. The number of hydrogen-bond donors (Lipinski definition) is 0. The van der Waals surface area contributed by atoms with Gasteiger partial charge in [0.05, 0.1) is 12.3 Å². The maximum absolute atomic E-state index is 13.0. The lowest BCUT2D eigenvalue weighted by Gasteiger charge is -2.25. The molecule has 0 bridgehead atoms. The molecule has 0 aromatic heterocycles. The number of nitrogens with zero attached hydrogens (tertiary/aromatic N) is 2. The molecule has 1 amide bonds. The third-order valence-electron chi connectivity index (χ3n) is 4.09. The van der Waals surface area contributed by atoms with Crippen LogP contribution in [0.5, 0.6) is 0 Å². The van der Waals surface area contributed by atoms with Crippen LogP contribution < -0.4 is 0 Å². The van der Waals surface area contributed by atoms with E-state index in [0.29, 0.717) is 12.3 Å². The number of hydrogen-bond acceptors (Lipinski definition) is 3. The van der Waals surface area contributed by atoms with Gasteiger partial charge in [0, 0.05) is 11.1 Å². The zero-order valence-corrected chi connectivity index (χ0v) is 17.1. The summed E-state index contributed by atoms with van der Waals surface area (Å²) in [4.78, 5) is 13.0. The molecule has 0 radical (unpaired) electrons. The van der Waals surface area contributed by atoms with Gasteiger partial charge in [-0.25, -0.2) is 4.79 Å². The molecule has 0 N–H and O–H groups in total. The number of carbonyl (C=O) groups is 1. The summed E-state index contributed by atoms with van der Waals surface area (Å²) in [6.45, 7) is 5.87. The summed E-state index contributed by atoms with van der Waals surface area (Å²) in [5.41, 5.74) is 2.94. The predicted octanol–water partition coefficient (Wildman–Crippen LogP) is 5.88. The third-order valence-corrected chi connectivity index (χ3v) is 4.09. The zero-order valence-electron chi connectivity index (χ0n) is 17.1. The van der Waals surface area contributed by atoms with Gasteiger partial charge >= 0.3 is 6.09 Å². The second kappa shape index (κ2) is 9.20. The summed E-state index contributed by atoms with van der Waals surface area (Å²) in [7, 11) is 0. The number of rotatable bonds is 5. The third kappa shape index (κ3) is 6.04. The number of carbonyl (C=O) groups excluding carboxylic acids is 1. The van der Waals surface area contributed by atoms with E-state index in [1.807, 2.05) is 112 Å². The average molecular weight is 386 g/mol. The van der Waals surface area contributed by atoms with E-state index in [4.69, 9.17) is 9.84 Å². The number of hydrazone groups is 1. The van der Waals surface area contributed by atoms with Crippen LogP contribution in [0.4, 0.5) is 4.79 Å². The van der Waals surface area contributed by atoms with E-state index in [1.165, 1.54) is 5.01 Å². The van der Waals surface area contributed by atoms with Gasteiger partial charge in [0.2, 0.25) is 0 Å². The molecule has 0 heterocycles. The van der Waals surface area contributed by atoms with E-state index in [1.54, 1.807) is 0 Å². The molecule has 0 fully saturated rings. The maximum Gasteiger partial charge on any atom is 0.431 e. The smallest absolute Gasteiger partial charge is 0.431 e. The lowest BCUT2D eigenvalue weighted by Crippen LogP contribution is -2.34. The first-order chi connectivity index (χ1) is 13.9. The molecule has 3 aromatic carbocycles. The highest BCUT2D eigenvalue weighted by molar-refractivity contribution is 6.13. The van der Waals surface area contributed by atoms with E-state index in [0.717, 1.165) is 16.7 Å². The topological polar surface area (TPSA) is 41.9 Å². The van der Waals surface area contributed by atoms with Crippen LogP contribution in [0, 0.1) is 0 Å². The molecular weight excluding hydrogens is 360 g/mol. The van der Waals surface area contributed by atoms with Crippen molar-refractivity contribution in [3.05, 3.63) is 108 Å². The van der Waals surface area contributed by atoms with Crippen LogP contribution in [0.3, 0.4) is 0 Å². The molecule has 0 aliphatic rings. The molecule has 0 saturated carbocycles. The van der Waals surface area contributed by atoms with Gasteiger partial charge in [-0.05, 0) is 26.3 Å². The van der Waals surface area contributed by atoms with Crippen LogP contribution in [0.2, 0.25) is 0 Å². The Bertz CT molecular complexity index is 905. The van der Waals surface area contributed by atoms with Crippen LogP contribution in [-0.2, 0) is 11.3 Å². The van der Waals surface area contributed by atoms with Crippen molar-refractivity contribution in [2.75, 3.05) is 0 Å². The SMILES string of the molecule is CC(C)(C)OC(=O)N(Cc1ccccc1)N=C(c1ccccc1)c1ccccc1. The maximum atomic E-state index is 13.0. The Balaban J connectivity index is 2.05. The summed E-state index contributed by atoms with van der Waals surface area (Å²) in [5.74, 6) is 0. The Morgan fingerprint density at radius 2 is 1.24 bits per heavy atom. The molecular formula is C25H26N2O2.